The summed E-state index contributed by atoms with van der Waals surface area (Å²) in [6.45, 7) is 8.09. The molecule has 1 heterocycles. The lowest BCUT2D eigenvalue weighted by molar-refractivity contribution is -0.0161. The smallest absolute Gasteiger partial charge is 0.191 e. The maximum absolute atomic E-state index is 5.74. The van der Waals surface area contributed by atoms with Crippen LogP contribution in [0.1, 0.15) is 39.5 Å². The van der Waals surface area contributed by atoms with Crippen LogP contribution in [0, 0.1) is 0 Å². The van der Waals surface area contributed by atoms with Gasteiger partial charge in [-0.2, -0.15) is 0 Å². The van der Waals surface area contributed by atoms with E-state index in [9.17, 15) is 0 Å². The van der Waals surface area contributed by atoms with E-state index in [-0.39, 0.29) is 6.10 Å². The Hall–Kier alpha value is -0.810. The van der Waals surface area contributed by atoms with E-state index < -0.39 is 0 Å². The van der Waals surface area contributed by atoms with Crippen LogP contribution < -0.4 is 10.6 Å². The number of hydrogen-bond donors (Lipinski definition) is 2. The van der Waals surface area contributed by atoms with Gasteiger partial charge in [0.1, 0.15) is 0 Å². The van der Waals surface area contributed by atoms with E-state index >= 15 is 0 Å². The van der Waals surface area contributed by atoms with Gasteiger partial charge in [-0.15, -0.1) is 0 Å². The average molecular weight is 284 g/mol. The molecule has 118 valence electrons. The SMILES string of the molecule is CCCCCC(C)NC(=NC)NCC1CN(C)CCO1. The van der Waals surface area contributed by atoms with Crippen molar-refractivity contribution in [2.24, 2.45) is 4.99 Å². The summed E-state index contributed by atoms with van der Waals surface area (Å²) < 4.78 is 5.74. The van der Waals surface area contributed by atoms with E-state index in [1.54, 1.807) is 0 Å². The van der Waals surface area contributed by atoms with Crippen LogP contribution >= 0.6 is 0 Å². The quantitative estimate of drug-likeness (QED) is 0.422. The van der Waals surface area contributed by atoms with E-state index in [0.717, 1.165) is 32.2 Å². The summed E-state index contributed by atoms with van der Waals surface area (Å²) in [5.74, 6) is 0.880. The topological polar surface area (TPSA) is 48.9 Å². The first kappa shape index (κ1) is 17.2. The number of nitrogens with one attached hydrogen (secondary N) is 2. The Morgan fingerprint density at radius 3 is 2.90 bits per heavy atom. The minimum atomic E-state index is 0.252. The molecular weight excluding hydrogens is 252 g/mol. The van der Waals surface area contributed by atoms with Crippen LogP contribution in [0.15, 0.2) is 4.99 Å². The molecule has 1 aliphatic rings. The first-order chi connectivity index (χ1) is 9.65. The summed E-state index contributed by atoms with van der Waals surface area (Å²) in [6.07, 6.45) is 5.30. The highest BCUT2D eigenvalue weighted by Gasteiger charge is 2.17. The lowest BCUT2D eigenvalue weighted by Gasteiger charge is -2.30. The van der Waals surface area contributed by atoms with E-state index in [1.807, 2.05) is 7.05 Å². The Morgan fingerprint density at radius 2 is 2.25 bits per heavy atom. The van der Waals surface area contributed by atoms with Crippen molar-refractivity contribution >= 4 is 5.96 Å². The van der Waals surface area contributed by atoms with Gasteiger partial charge in [0.25, 0.3) is 0 Å². The molecule has 1 rings (SSSR count). The van der Waals surface area contributed by atoms with E-state index in [1.165, 1.54) is 25.7 Å². The third-order valence-corrected chi connectivity index (χ3v) is 3.69. The fraction of sp³-hybridized carbons (Fsp3) is 0.933. The van der Waals surface area contributed by atoms with Crippen LogP contribution in [-0.4, -0.2) is 63.3 Å². The normalized spacial score (nSPS) is 22.6. The van der Waals surface area contributed by atoms with Gasteiger partial charge < -0.3 is 20.3 Å². The highest BCUT2D eigenvalue weighted by Crippen LogP contribution is 2.03. The largest absolute Gasteiger partial charge is 0.374 e. The van der Waals surface area contributed by atoms with Crippen LogP contribution in [0.5, 0.6) is 0 Å². The molecule has 0 aromatic rings. The molecular formula is C15H32N4O. The molecule has 0 spiro atoms. The number of guanidine groups is 1. The van der Waals surface area contributed by atoms with E-state index in [0.29, 0.717) is 6.04 Å². The molecule has 0 bridgehead atoms. The summed E-state index contributed by atoms with van der Waals surface area (Å²) in [5.41, 5.74) is 0. The molecule has 5 heteroatoms. The zero-order chi connectivity index (χ0) is 14.8. The highest BCUT2D eigenvalue weighted by atomic mass is 16.5. The number of unbranched alkanes of at least 4 members (excludes halogenated alkanes) is 2. The molecule has 0 amide bonds. The molecule has 2 atom stereocenters. The molecule has 0 radical (unpaired) electrons. The van der Waals surface area contributed by atoms with Gasteiger partial charge >= 0.3 is 0 Å². The second-order valence-corrected chi connectivity index (χ2v) is 5.75. The molecule has 1 saturated heterocycles. The number of rotatable bonds is 7. The third kappa shape index (κ3) is 7.10. The zero-order valence-electron chi connectivity index (χ0n) is 13.6. The van der Waals surface area contributed by atoms with Gasteiger partial charge in [0.2, 0.25) is 0 Å². The first-order valence-corrected chi connectivity index (χ1v) is 7.93. The average Bonchev–Trinajstić information content (AvgIpc) is 2.44. The molecule has 0 aromatic heterocycles. The van der Waals surface area contributed by atoms with Crippen molar-refractivity contribution in [3.63, 3.8) is 0 Å². The van der Waals surface area contributed by atoms with Crippen LogP contribution in [0.3, 0.4) is 0 Å². The molecule has 5 nitrogen and oxygen atoms in total. The van der Waals surface area contributed by atoms with E-state index in [4.69, 9.17) is 4.74 Å². The van der Waals surface area contributed by atoms with Crippen molar-refractivity contribution in [3.8, 4) is 0 Å². The van der Waals surface area contributed by atoms with Gasteiger partial charge in [-0.3, -0.25) is 4.99 Å². The predicted molar refractivity (Wildman–Crippen MR) is 85.3 cm³/mol. The van der Waals surface area contributed by atoms with Crippen LogP contribution in [0.2, 0.25) is 0 Å². The summed E-state index contributed by atoms with van der Waals surface area (Å²) in [6, 6.07) is 0.461. The van der Waals surface area contributed by atoms with Gasteiger partial charge in [0.05, 0.1) is 12.7 Å². The molecule has 0 aromatic carbocycles. The van der Waals surface area contributed by atoms with Gasteiger partial charge in [0, 0.05) is 32.7 Å². The number of ether oxygens (including phenoxy) is 1. The monoisotopic (exact) mass is 284 g/mol. The summed E-state index contributed by atoms with van der Waals surface area (Å²) >= 11 is 0. The standard InChI is InChI=1S/C15H32N4O/c1-5-6-7-8-13(2)18-15(16-3)17-11-14-12-19(4)9-10-20-14/h13-14H,5-12H2,1-4H3,(H2,16,17,18). The van der Waals surface area contributed by atoms with Crippen LogP contribution in [0.25, 0.3) is 0 Å². The van der Waals surface area contributed by atoms with Crippen LogP contribution in [0.4, 0.5) is 0 Å². The molecule has 2 unspecified atom stereocenters. The number of nitrogens with zero attached hydrogens (tertiary/aromatic N) is 2. The maximum atomic E-state index is 5.74. The van der Waals surface area contributed by atoms with Crippen molar-refractivity contribution in [1.29, 1.82) is 0 Å². The Kier molecular flexibility index (Phi) is 8.62. The predicted octanol–water partition coefficient (Wildman–Crippen LogP) is 1.45. The number of aliphatic imine (C=N–C) groups is 1. The Labute approximate surface area is 124 Å². The molecule has 0 aliphatic carbocycles. The number of hydrogen-bond acceptors (Lipinski definition) is 3. The molecule has 0 saturated carbocycles. The molecule has 1 fully saturated rings. The number of morpholine rings is 1. The van der Waals surface area contributed by atoms with E-state index in [2.05, 4.69) is 41.4 Å². The molecule has 1 aliphatic heterocycles. The van der Waals surface area contributed by atoms with Crippen molar-refractivity contribution < 1.29 is 4.74 Å². The maximum Gasteiger partial charge on any atom is 0.191 e. The third-order valence-electron chi connectivity index (χ3n) is 3.69. The van der Waals surface area contributed by atoms with Crippen molar-refractivity contribution in [2.45, 2.75) is 51.7 Å². The summed E-state index contributed by atoms with van der Waals surface area (Å²) in [7, 11) is 3.96. The van der Waals surface area contributed by atoms with Crippen molar-refractivity contribution in [2.75, 3.05) is 40.3 Å². The minimum Gasteiger partial charge on any atom is -0.374 e. The fourth-order valence-electron chi connectivity index (χ4n) is 2.40. The minimum absolute atomic E-state index is 0.252. The van der Waals surface area contributed by atoms with Crippen LogP contribution in [-0.2, 0) is 4.74 Å². The van der Waals surface area contributed by atoms with Gasteiger partial charge in [-0.1, -0.05) is 26.2 Å². The van der Waals surface area contributed by atoms with Crippen molar-refractivity contribution in [1.82, 2.24) is 15.5 Å². The first-order valence-electron chi connectivity index (χ1n) is 7.93. The summed E-state index contributed by atoms with van der Waals surface area (Å²) in [4.78, 5) is 6.59. The van der Waals surface area contributed by atoms with Gasteiger partial charge in [0.15, 0.2) is 5.96 Å². The highest BCUT2D eigenvalue weighted by molar-refractivity contribution is 5.79. The second kappa shape index (κ2) is 10.00. The number of likely N-dealkylation sites (N-methyl/N-ethyl adjacent to an activating group) is 1. The van der Waals surface area contributed by atoms with Gasteiger partial charge in [-0.05, 0) is 20.4 Å². The fourth-order valence-corrected chi connectivity index (χ4v) is 2.40. The Balaban J connectivity index is 2.22. The Bertz CT molecular complexity index is 283. The molecule has 2 N–H and O–H groups in total. The van der Waals surface area contributed by atoms with Gasteiger partial charge in [-0.25, -0.2) is 0 Å². The lowest BCUT2D eigenvalue weighted by Crippen LogP contribution is -2.49. The zero-order valence-corrected chi connectivity index (χ0v) is 13.6. The molecule has 20 heavy (non-hydrogen) atoms. The lowest BCUT2D eigenvalue weighted by atomic mass is 10.1. The Morgan fingerprint density at radius 1 is 1.45 bits per heavy atom. The summed E-state index contributed by atoms with van der Waals surface area (Å²) in [5, 5.41) is 6.81. The van der Waals surface area contributed by atoms with Crippen molar-refractivity contribution in [3.05, 3.63) is 0 Å². The second-order valence-electron chi connectivity index (χ2n) is 5.75.